The maximum absolute atomic E-state index is 15.1. The Balaban J connectivity index is 1.18. The number of aromatic nitrogens is 3. The molecule has 8 nitrogen and oxygen atoms in total. The van der Waals surface area contributed by atoms with Gasteiger partial charge in [-0.2, -0.15) is 0 Å². The Morgan fingerprint density at radius 3 is 2.27 bits per heavy atom. The van der Waals surface area contributed by atoms with Crippen molar-refractivity contribution in [3.63, 3.8) is 0 Å². The van der Waals surface area contributed by atoms with Crippen LogP contribution in [0.3, 0.4) is 0 Å². The molecule has 2 amide bonds. The number of halogens is 2. The van der Waals surface area contributed by atoms with Gasteiger partial charge in [0.2, 0.25) is 11.8 Å². The smallest absolute Gasteiger partial charge is 0.240 e. The second kappa shape index (κ2) is 9.88. The van der Waals surface area contributed by atoms with E-state index in [1.54, 1.807) is 24.7 Å². The van der Waals surface area contributed by atoms with Crippen LogP contribution < -0.4 is 15.4 Å². The molecule has 2 heterocycles. The lowest BCUT2D eigenvalue weighted by Gasteiger charge is -2.16. The number of pyridine rings is 1. The zero-order valence-electron chi connectivity index (χ0n) is 21.3. The average Bonchev–Trinajstić information content (AvgIpc) is 3.59. The molecule has 0 unspecified atom stereocenters. The van der Waals surface area contributed by atoms with Gasteiger partial charge in [0.05, 0.1) is 5.52 Å². The molecule has 200 valence electrons. The highest BCUT2D eigenvalue weighted by Gasteiger charge is 2.56. The van der Waals surface area contributed by atoms with Crippen molar-refractivity contribution in [2.24, 2.45) is 5.41 Å². The van der Waals surface area contributed by atoms with Gasteiger partial charge in [-0.3, -0.25) is 14.6 Å². The Hall–Kier alpha value is -5.12. The first-order valence-corrected chi connectivity index (χ1v) is 12.6. The SMILES string of the molecule is Cc1cc2c(Oc3ccc(NC(=O)C4(C(=O)Nc5ccc(F)cc5)CC4)cc3F)ccnc2cc1-c1ncc[nH]1. The fourth-order valence-corrected chi connectivity index (χ4v) is 4.53. The number of rotatable bonds is 7. The maximum atomic E-state index is 15.1. The minimum Gasteiger partial charge on any atom is -0.454 e. The molecule has 0 aliphatic heterocycles. The number of fused-ring (bicyclic) bond motifs is 1. The summed E-state index contributed by atoms with van der Waals surface area (Å²) in [6.45, 7) is 1.94. The van der Waals surface area contributed by atoms with E-state index in [2.05, 4.69) is 25.6 Å². The van der Waals surface area contributed by atoms with Gasteiger partial charge in [-0.1, -0.05) is 0 Å². The van der Waals surface area contributed by atoms with Gasteiger partial charge in [-0.25, -0.2) is 13.8 Å². The van der Waals surface area contributed by atoms with Crippen molar-refractivity contribution in [1.29, 1.82) is 0 Å². The van der Waals surface area contributed by atoms with Crippen LogP contribution in [0.25, 0.3) is 22.3 Å². The number of benzene rings is 3. The molecule has 2 aromatic heterocycles. The number of nitrogens with zero attached hydrogens (tertiary/aromatic N) is 2. The number of ether oxygens (including phenoxy) is 1. The maximum Gasteiger partial charge on any atom is 0.240 e. The van der Waals surface area contributed by atoms with Crippen molar-refractivity contribution in [1.82, 2.24) is 15.0 Å². The van der Waals surface area contributed by atoms with Crippen LogP contribution >= 0.6 is 0 Å². The molecule has 3 N–H and O–H groups in total. The molecular weight excluding hydrogens is 516 g/mol. The van der Waals surface area contributed by atoms with Crippen molar-refractivity contribution >= 4 is 34.1 Å². The number of anilines is 2. The van der Waals surface area contributed by atoms with Crippen LogP contribution in [0.2, 0.25) is 0 Å². The number of aromatic amines is 1. The molecule has 5 aromatic rings. The number of nitrogens with one attached hydrogen (secondary N) is 3. The third-order valence-electron chi connectivity index (χ3n) is 6.93. The fourth-order valence-electron chi connectivity index (χ4n) is 4.53. The summed E-state index contributed by atoms with van der Waals surface area (Å²) in [6.07, 6.45) is 5.71. The van der Waals surface area contributed by atoms with E-state index in [-0.39, 0.29) is 11.4 Å². The highest BCUT2D eigenvalue weighted by molar-refractivity contribution is 6.16. The molecular formula is C30H23F2N5O3. The van der Waals surface area contributed by atoms with Crippen LogP contribution in [0.1, 0.15) is 18.4 Å². The number of H-pyrrole nitrogens is 1. The minimum atomic E-state index is -1.26. The van der Waals surface area contributed by atoms with E-state index < -0.39 is 28.9 Å². The van der Waals surface area contributed by atoms with E-state index in [9.17, 15) is 14.0 Å². The number of carbonyl (C=O) groups is 2. The summed E-state index contributed by atoms with van der Waals surface area (Å²) in [5, 5.41) is 5.98. The Morgan fingerprint density at radius 1 is 0.875 bits per heavy atom. The number of amides is 2. The predicted molar refractivity (Wildman–Crippen MR) is 146 cm³/mol. The third kappa shape index (κ3) is 4.75. The Kier molecular flexibility index (Phi) is 6.22. The standard InChI is InChI=1S/C30H23F2N5O3/c1-17-14-22-24(16-21(17)27-34-12-13-35-27)33-11-8-25(22)40-26-7-6-20(15-23(26)32)37-29(39)30(9-10-30)28(38)36-19-4-2-18(31)3-5-19/h2-8,11-16H,9-10H2,1H3,(H,34,35)(H,36,38)(H,37,39). The van der Waals surface area contributed by atoms with Crippen molar-refractivity contribution in [2.45, 2.75) is 19.8 Å². The molecule has 3 aromatic carbocycles. The Bertz CT molecular complexity index is 1750. The van der Waals surface area contributed by atoms with E-state index in [1.165, 1.54) is 36.4 Å². The average molecular weight is 540 g/mol. The van der Waals surface area contributed by atoms with Crippen LogP contribution in [0.5, 0.6) is 11.5 Å². The van der Waals surface area contributed by atoms with Crippen molar-refractivity contribution in [3.05, 3.63) is 96.5 Å². The van der Waals surface area contributed by atoms with E-state index in [0.717, 1.165) is 23.0 Å². The normalized spacial score (nSPS) is 13.6. The van der Waals surface area contributed by atoms with Gasteiger partial charge in [0.25, 0.3) is 0 Å². The molecule has 0 saturated heterocycles. The summed E-state index contributed by atoms with van der Waals surface area (Å²) < 4.78 is 34.2. The molecule has 0 spiro atoms. The minimum absolute atomic E-state index is 0.0338. The van der Waals surface area contributed by atoms with Gasteiger partial charge in [-0.15, -0.1) is 0 Å². The van der Waals surface area contributed by atoms with Crippen LogP contribution in [-0.4, -0.2) is 26.8 Å². The number of carbonyl (C=O) groups excluding carboxylic acids is 2. The summed E-state index contributed by atoms with van der Waals surface area (Å²) in [6, 6.07) is 14.8. The van der Waals surface area contributed by atoms with Gasteiger partial charge in [0.1, 0.15) is 22.8 Å². The van der Waals surface area contributed by atoms with E-state index in [4.69, 9.17) is 4.74 Å². The topological polar surface area (TPSA) is 109 Å². The van der Waals surface area contributed by atoms with E-state index in [1.807, 2.05) is 19.1 Å². The van der Waals surface area contributed by atoms with Gasteiger partial charge in [0, 0.05) is 47.0 Å². The quantitative estimate of drug-likeness (QED) is 0.209. The number of aryl methyl sites for hydroxylation is 1. The van der Waals surface area contributed by atoms with Gasteiger partial charge in [-0.05, 0) is 79.9 Å². The van der Waals surface area contributed by atoms with Crippen molar-refractivity contribution in [2.75, 3.05) is 10.6 Å². The first kappa shape index (κ1) is 25.2. The third-order valence-corrected chi connectivity index (χ3v) is 6.93. The largest absolute Gasteiger partial charge is 0.454 e. The monoisotopic (exact) mass is 539 g/mol. The molecule has 1 fully saturated rings. The second-order valence-corrected chi connectivity index (χ2v) is 9.68. The van der Waals surface area contributed by atoms with Gasteiger partial charge < -0.3 is 20.4 Å². The first-order chi connectivity index (χ1) is 19.3. The van der Waals surface area contributed by atoms with Gasteiger partial charge >= 0.3 is 0 Å². The van der Waals surface area contributed by atoms with Crippen LogP contribution in [0.4, 0.5) is 20.2 Å². The Labute approximate surface area is 227 Å². The number of imidazole rings is 1. The zero-order valence-corrected chi connectivity index (χ0v) is 21.3. The molecule has 1 aliphatic carbocycles. The van der Waals surface area contributed by atoms with Crippen LogP contribution in [0.15, 0.2) is 79.3 Å². The highest BCUT2D eigenvalue weighted by atomic mass is 19.1. The molecule has 6 rings (SSSR count). The van der Waals surface area contributed by atoms with E-state index >= 15 is 4.39 Å². The molecule has 0 bridgehead atoms. The molecule has 10 heteroatoms. The van der Waals surface area contributed by atoms with Crippen LogP contribution in [-0.2, 0) is 9.59 Å². The molecule has 40 heavy (non-hydrogen) atoms. The second-order valence-electron chi connectivity index (χ2n) is 9.68. The molecule has 1 saturated carbocycles. The number of hydrogen-bond acceptors (Lipinski definition) is 5. The van der Waals surface area contributed by atoms with Gasteiger partial charge in [0.15, 0.2) is 11.6 Å². The first-order valence-electron chi connectivity index (χ1n) is 12.6. The predicted octanol–water partition coefficient (Wildman–Crippen LogP) is 6.36. The fraction of sp³-hybridized carbons (Fsp3) is 0.133. The zero-order chi connectivity index (χ0) is 27.9. The lowest BCUT2D eigenvalue weighted by molar-refractivity contribution is -0.131. The molecule has 0 radical (unpaired) electrons. The summed E-state index contributed by atoms with van der Waals surface area (Å²) in [7, 11) is 0. The molecule has 0 atom stereocenters. The number of hydrogen-bond donors (Lipinski definition) is 3. The van der Waals surface area contributed by atoms with Crippen LogP contribution in [0, 0.1) is 24.0 Å². The Morgan fingerprint density at radius 2 is 1.60 bits per heavy atom. The molecule has 1 aliphatic rings. The summed E-state index contributed by atoms with van der Waals surface area (Å²) in [4.78, 5) is 37.6. The summed E-state index contributed by atoms with van der Waals surface area (Å²) in [5.74, 6) is -1.05. The summed E-state index contributed by atoms with van der Waals surface area (Å²) in [5.41, 5.74) is 1.81. The highest BCUT2D eigenvalue weighted by Crippen LogP contribution is 2.47. The lowest BCUT2D eigenvalue weighted by atomic mass is 10.0. The van der Waals surface area contributed by atoms with E-state index in [0.29, 0.717) is 35.2 Å². The van der Waals surface area contributed by atoms with Crippen molar-refractivity contribution in [3.8, 4) is 22.9 Å². The lowest BCUT2D eigenvalue weighted by Crippen LogP contribution is -2.35. The van der Waals surface area contributed by atoms with Crippen molar-refractivity contribution < 1.29 is 23.1 Å². The summed E-state index contributed by atoms with van der Waals surface area (Å²) >= 11 is 0.